The zero-order valence-electron chi connectivity index (χ0n) is 14.4. The van der Waals surface area contributed by atoms with Crippen LogP contribution in [0.1, 0.15) is 46.5 Å². The molecular weight excluding hydrogens is 280 g/mol. The minimum atomic E-state index is -1.34. The number of carbonyl (C=O) groups is 2. The maximum atomic E-state index is 12.1. The number of methoxy groups -OCH3 is 2. The van der Waals surface area contributed by atoms with Crippen LogP contribution in [0.25, 0.3) is 0 Å². The largest absolute Gasteiger partial charge is 0.468 e. The Labute approximate surface area is 133 Å². The standard InChI is InChI=1S/C18H28O4/c1-7-12-18(16(19)21-5,17(20)22-6)13-11-15(4)10-8-9-14(2)3/h7,9,11H,1,8,10,12-13H2,2-6H3/b15-11+. The molecule has 0 N–H and O–H groups in total. The predicted molar refractivity (Wildman–Crippen MR) is 88.3 cm³/mol. The highest BCUT2D eigenvalue weighted by Gasteiger charge is 2.46. The number of hydrogen-bond acceptors (Lipinski definition) is 4. The first-order valence-electron chi connectivity index (χ1n) is 7.40. The van der Waals surface area contributed by atoms with Crippen LogP contribution in [-0.4, -0.2) is 26.2 Å². The fraction of sp³-hybridized carbons (Fsp3) is 0.556. The average molecular weight is 308 g/mol. The molecular formula is C18H28O4. The van der Waals surface area contributed by atoms with E-state index in [1.54, 1.807) is 6.08 Å². The van der Waals surface area contributed by atoms with Crippen LogP contribution in [-0.2, 0) is 19.1 Å². The molecule has 0 unspecified atom stereocenters. The van der Waals surface area contributed by atoms with Crippen molar-refractivity contribution in [3.63, 3.8) is 0 Å². The van der Waals surface area contributed by atoms with Gasteiger partial charge in [-0.15, -0.1) is 6.58 Å². The van der Waals surface area contributed by atoms with Gasteiger partial charge in [0, 0.05) is 0 Å². The minimum absolute atomic E-state index is 0.185. The van der Waals surface area contributed by atoms with E-state index >= 15 is 0 Å². The second-order valence-corrected chi connectivity index (χ2v) is 5.63. The van der Waals surface area contributed by atoms with Crippen molar-refractivity contribution in [3.05, 3.63) is 36.0 Å². The van der Waals surface area contributed by atoms with Crippen molar-refractivity contribution in [2.75, 3.05) is 14.2 Å². The second-order valence-electron chi connectivity index (χ2n) is 5.63. The summed E-state index contributed by atoms with van der Waals surface area (Å²) in [5, 5.41) is 0. The van der Waals surface area contributed by atoms with E-state index < -0.39 is 17.4 Å². The van der Waals surface area contributed by atoms with Crippen molar-refractivity contribution in [1.29, 1.82) is 0 Å². The van der Waals surface area contributed by atoms with Gasteiger partial charge in [0.05, 0.1) is 14.2 Å². The number of rotatable bonds is 9. The van der Waals surface area contributed by atoms with Gasteiger partial charge in [0.25, 0.3) is 0 Å². The molecule has 0 heterocycles. The third kappa shape index (κ3) is 5.88. The Kier molecular flexibility index (Phi) is 9.15. The zero-order valence-corrected chi connectivity index (χ0v) is 14.4. The van der Waals surface area contributed by atoms with Crippen LogP contribution in [0.4, 0.5) is 0 Å². The molecule has 22 heavy (non-hydrogen) atoms. The first-order valence-corrected chi connectivity index (χ1v) is 7.40. The lowest BCUT2D eigenvalue weighted by molar-refractivity contribution is -0.168. The molecule has 0 aliphatic heterocycles. The topological polar surface area (TPSA) is 52.6 Å². The lowest BCUT2D eigenvalue weighted by Crippen LogP contribution is -2.40. The average Bonchev–Trinajstić information content (AvgIpc) is 2.49. The summed E-state index contributed by atoms with van der Waals surface area (Å²) < 4.78 is 9.62. The highest BCUT2D eigenvalue weighted by molar-refractivity contribution is 6.00. The molecule has 0 radical (unpaired) electrons. The first-order chi connectivity index (χ1) is 10.3. The van der Waals surface area contributed by atoms with Crippen LogP contribution in [0.3, 0.4) is 0 Å². The van der Waals surface area contributed by atoms with E-state index in [2.05, 4.69) is 26.5 Å². The number of esters is 2. The molecule has 0 bridgehead atoms. The molecule has 0 aliphatic carbocycles. The van der Waals surface area contributed by atoms with Gasteiger partial charge in [-0.25, -0.2) is 0 Å². The molecule has 0 amide bonds. The number of hydrogen-bond donors (Lipinski definition) is 0. The Morgan fingerprint density at radius 2 is 1.55 bits per heavy atom. The van der Waals surface area contributed by atoms with Crippen molar-refractivity contribution in [2.45, 2.75) is 46.5 Å². The van der Waals surface area contributed by atoms with Gasteiger partial charge in [-0.2, -0.15) is 0 Å². The molecule has 0 saturated carbocycles. The molecule has 0 aliphatic rings. The molecule has 0 aromatic carbocycles. The van der Waals surface area contributed by atoms with Crippen LogP contribution < -0.4 is 0 Å². The van der Waals surface area contributed by atoms with Crippen molar-refractivity contribution < 1.29 is 19.1 Å². The Balaban J connectivity index is 5.19. The molecule has 0 saturated heterocycles. The predicted octanol–water partition coefficient (Wildman–Crippen LogP) is 3.98. The summed E-state index contributed by atoms with van der Waals surface area (Å²) in [5.41, 5.74) is 1.06. The van der Waals surface area contributed by atoms with Gasteiger partial charge in [-0.1, -0.05) is 29.4 Å². The zero-order chi connectivity index (χ0) is 17.2. The quantitative estimate of drug-likeness (QED) is 0.367. The fourth-order valence-electron chi connectivity index (χ4n) is 2.18. The number of ether oxygens (including phenoxy) is 2. The van der Waals surface area contributed by atoms with Gasteiger partial charge >= 0.3 is 11.9 Å². The van der Waals surface area contributed by atoms with Crippen molar-refractivity contribution in [2.24, 2.45) is 5.41 Å². The van der Waals surface area contributed by atoms with Gasteiger partial charge in [0.2, 0.25) is 0 Å². The summed E-state index contributed by atoms with van der Waals surface area (Å²) in [4.78, 5) is 24.3. The van der Waals surface area contributed by atoms with Crippen LogP contribution in [0.15, 0.2) is 36.0 Å². The lowest BCUT2D eigenvalue weighted by Gasteiger charge is -2.26. The molecule has 0 rings (SSSR count). The Hall–Kier alpha value is -1.84. The molecule has 4 heteroatoms. The lowest BCUT2D eigenvalue weighted by atomic mass is 9.80. The molecule has 0 aromatic rings. The van der Waals surface area contributed by atoms with E-state index in [-0.39, 0.29) is 12.8 Å². The van der Waals surface area contributed by atoms with Gasteiger partial charge < -0.3 is 9.47 Å². The number of allylic oxidation sites excluding steroid dienone is 5. The van der Waals surface area contributed by atoms with Crippen LogP contribution in [0.5, 0.6) is 0 Å². The summed E-state index contributed by atoms with van der Waals surface area (Å²) in [5.74, 6) is -1.18. The fourth-order valence-corrected chi connectivity index (χ4v) is 2.18. The maximum absolute atomic E-state index is 12.1. The maximum Gasteiger partial charge on any atom is 0.323 e. The van der Waals surface area contributed by atoms with E-state index in [9.17, 15) is 9.59 Å². The molecule has 0 aromatic heterocycles. The molecule has 4 nitrogen and oxygen atoms in total. The molecule has 0 spiro atoms. The summed E-state index contributed by atoms with van der Waals surface area (Å²) in [6.45, 7) is 9.74. The second kappa shape index (κ2) is 9.98. The van der Waals surface area contributed by atoms with E-state index in [0.29, 0.717) is 0 Å². The van der Waals surface area contributed by atoms with E-state index in [0.717, 1.165) is 18.4 Å². The van der Waals surface area contributed by atoms with E-state index in [4.69, 9.17) is 9.47 Å². The van der Waals surface area contributed by atoms with Crippen LogP contribution in [0, 0.1) is 5.41 Å². The summed E-state index contributed by atoms with van der Waals surface area (Å²) in [6.07, 6.45) is 7.88. The smallest absolute Gasteiger partial charge is 0.323 e. The van der Waals surface area contributed by atoms with Crippen LogP contribution in [0.2, 0.25) is 0 Å². The summed E-state index contributed by atoms with van der Waals surface area (Å²) in [6, 6.07) is 0. The highest BCUT2D eigenvalue weighted by atomic mass is 16.5. The van der Waals surface area contributed by atoms with Crippen molar-refractivity contribution in [3.8, 4) is 0 Å². The Bertz CT molecular complexity index is 438. The Morgan fingerprint density at radius 1 is 1.00 bits per heavy atom. The molecule has 0 fully saturated rings. The highest BCUT2D eigenvalue weighted by Crippen LogP contribution is 2.32. The Morgan fingerprint density at radius 3 is 1.95 bits per heavy atom. The third-order valence-corrected chi connectivity index (χ3v) is 3.54. The van der Waals surface area contributed by atoms with Crippen molar-refractivity contribution >= 4 is 11.9 Å². The molecule has 0 atom stereocenters. The van der Waals surface area contributed by atoms with Gasteiger partial charge in [0.15, 0.2) is 5.41 Å². The van der Waals surface area contributed by atoms with E-state index in [1.807, 2.05) is 13.0 Å². The van der Waals surface area contributed by atoms with Gasteiger partial charge in [-0.3, -0.25) is 9.59 Å². The molecule has 124 valence electrons. The monoisotopic (exact) mass is 308 g/mol. The first kappa shape index (κ1) is 20.2. The normalized spacial score (nSPS) is 11.6. The third-order valence-electron chi connectivity index (χ3n) is 3.54. The minimum Gasteiger partial charge on any atom is -0.468 e. The van der Waals surface area contributed by atoms with Gasteiger partial charge in [-0.05, 0) is 46.5 Å². The van der Waals surface area contributed by atoms with Crippen molar-refractivity contribution in [1.82, 2.24) is 0 Å². The van der Waals surface area contributed by atoms with Gasteiger partial charge in [0.1, 0.15) is 0 Å². The SMILES string of the molecule is C=CCC(C/C=C(\C)CCC=C(C)C)(C(=O)OC)C(=O)OC. The van der Waals surface area contributed by atoms with Crippen LogP contribution >= 0.6 is 0 Å². The number of carbonyl (C=O) groups excluding carboxylic acids is 2. The summed E-state index contributed by atoms with van der Waals surface area (Å²) >= 11 is 0. The summed E-state index contributed by atoms with van der Waals surface area (Å²) in [7, 11) is 2.54. The van der Waals surface area contributed by atoms with E-state index in [1.165, 1.54) is 19.8 Å².